The molecule has 2 fully saturated rings. The molecule has 0 amide bonds. The zero-order chi connectivity index (χ0) is 37.7. The fourth-order valence-corrected chi connectivity index (χ4v) is 8.61. The molecule has 7 heteroatoms. The van der Waals surface area contributed by atoms with Crippen molar-refractivity contribution in [3.05, 3.63) is 28.8 Å². The number of carbonyl (C=O) groups excluding carboxylic acids is 2. The van der Waals surface area contributed by atoms with Crippen LogP contribution in [0.1, 0.15) is 171 Å². The molecule has 0 radical (unpaired) electrons. The summed E-state index contributed by atoms with van der Waals surface area (Å²) in [4.78, 5) is 31.7. The molecule has 49 heavy (non-hydrogen) atoms. The third-order valence-electron chi connectivity index (χ3n) is 12.1. The Balaban J connectivity index is 2.18. The number of rotatable bonds is 9. The highest BCUT2D eigenvalue weighted by atomic mass is 16.6. The molecule has 1 aromatic rings. The van der Waals surface area contributed by atoms with Crippen LogP contribution in [0.2, 0.25) is 0 Å². The third-order valence-corrected chi connectivity index (χ3v) is 12.1. The maximum Gasteiger partial charge on any atom is 0.498 e. The predicted octanol–water partition coefficient (Wildman–Crippen LogP) is 9.24. The Morgan fingerprint density at radius 1 is 0.796 bits per heavy atom. The first-order valence-corrected chi connectivity index (χ1v) is 18.8. The number of esters is 2. The van der Waals surface area contributed by atoms with E-state index in [1.165, 1.54) is 0 Å². The van der Waals surface area contributed by atoms with Crippen LogP contribution in [0.3, 0.4) is 0 Å². The summed E-state index contributed by atoms with van der Waals surface area (Å²) in [5, 5.41) is 11.6. The molecule has 2 aliphatic heterocycles. The van der Waals surface area contributed by atoms with Crippen molar-refractivity contribution in [1.82, 2.24) is 9.80 Å². The number of phenolic OH excluding ortho intramolecular Hbond substituents is 1. The Morgan fingerprint density at radius 3 is 1.51 bits per heavy atom. The van der Waals surface area contributed by atoms with Crippen molar-refractivity contribution < 1.29 is 24.2 Å². The van der Waals surface area contributed by atoms with E-state index in [2.05, 4.69) is 140 Å². The van der Waals surface area contributed by atoms with E-state index in [0.717, 1.165) is 42.4 Å². The summed E-state index contributed by atoms with van der Waals surface area (Å²) in [6.45, 7) is 32.4. The molecule has 3 rings (SSSR count). The number of benzene rings is 1. The minimum absolute atomic E-state index is 0.157. The fourth-order valence-electron chi connectivity index (χ4n) is 8.61. The number of nitrogens with zero attached hydrogens (tertiary/aromatic N) is 2. The highest BCUT2D eigenvalue weighted by molar-refractivity contribution is 5.97. The van der Waals surface area contributed by atoms with E-state index < -0.39 is 17.8 Å². The van der Waals surface area contributed by atoms with Crippen molar-refractivity contribution in [3.8, 4) is 5.75 Å². The molecule has 2 N–H and O–H groups in total. The maximum atomic E-state index is 14.8. The van der Waals surface area contributed by atoms with Crippen molar-refractivity contribution in [2.24, 2.45) is 5.92 Å². The molecule has 2 saturated heterocycles. The van der Waals surface area contributed by atoms with Gasteiger partial charge in [-0.05, 0) is 103 Å². The van der Waals surface area contributed by atoms with E-state index in [1.807, 2.05) is 0 Å². The van der Waals surface area contributed by atoms with Gasteiger partial charge in [-0.3, -0.25) is 14.6 Å². The van der Waals surface area contributed by atoms with Gasteiger partial charge < -0.3 is 19.4 Å². The smallest absolute Gasteiger partial charge is 0.498 e. The van der Waals surface area contributed by atoms with E-state index in [1.54, 1.807) is 0 Å². The molecule has 0 saturated carbocycles. The normalized spacial score (nSPS) is 23.1. The molecule has 0 bridgehead atoms. The Hall–Kier alpha value is -2.12. The van der Waals surface area contributed by atoms with Gasteiger partial charge in [0.1, 0.15) is 11.9 Å². The number of phenols is 1. The van der Waals surface area contributed by atoms with Gasteiger partial charge in [-0.1, -0.05) is 73.4 Å². The van der Waals surface area contributed by atoms with E-state index in [9.17, 15) is 14.7 Å². The summed E-state index contributed by atoms with van der Waals surface area (Å²) in [5.41, 5.74) is 1.25. The monoisotopic (exact) mass is 686 g/mol. The average molecular weight is 686 g/mol. The first kappa shape index (κ1) is 41.3. The van der Waals surface area contributed by atoms with Crippen molar-refractivity contribution in [1.29, 1.82) is 0 Å². The lowest BCUT2D eigenvalue weighted by Gasteiger charge is -2.53. The lowest BCUT2D eigenvalue weighted by Crippen LogP contribution is -2.61. The minimum Gasteiger partial charge on any atom is -0.507 e. The second kappa shape index (κ2) is 14.1. The van der Waals surface area contributed by atoms with Crippen molar-refractivity contribution in [2.45, 2.75) is 200 Å². The lowest BCUT2D eigenvalue weighted by atomic mass is 9.74. The highest BCUT2D eigenvalue weighted by Crippen LogP contribution is 2.45. The van der Waals surface area contributed by atoms with Crippen LogP contribution in [-0.2, 0) is 25.1 Å². The average Bonchev–Trinajstić information content (AvgIpc) is 2.90. The van der Waals surface area contributed by atoms with Crippen molar-refractivity contribution in [3.63, 3.8) is 0 Å². The van der Waals surface area contributed by atoms with Gasteiger partial charge in [0.2, 0.25) is 5.92 Å². The highest BCUT2D eigenvalue weighted by Gasteiger charge is 2.52. The topological polar surface area (TPSA) is 83.6 Å². The second-order valence-corrected chi connectivity index (χ2v) is 20.0. The fraction of sp³-hybridized carbons (Fsp3) is 0.810. The number of likely N-dealkylation sites (tertiary alicyclic amines) is 2. The molecule has 7 nitrogen and oxygen atoms in total. The Morgan fingerprint density at radius 2 is 1.16 bits per heavy atom. The molecule has 0 aromatic heterocycles. The molecular formula is C42H73N2O5+. The van der Waals surface area contributed by atoms with Crippen LogP contribution >= 0.6 is 0 Å². The van der Waals surface area contributed by atoms with Crippen molar-refractivity contribution >= 4 is 11.9 Å². The van der Waals surface area contributed by atoms with E-state index in [0.29, 0.717) is 25.0 Å². The molecular weight excluding hydrogens is 612 g/mol. The molecule has 0 spiro atoms. The zero-order valence-electron chi connectivity index (χ0n) is 34.4. The predicted molar refractivity (Wildman–Crippen MR) is 203 cm³/mol. The number of ether oxygens (including phenoxy) is 2. The summed E-state index contributed by atoms with van der Waals surface area (Å²) >= 11 is 0. The Kier molecular flexibility index (Phi) is 11.9. The van der Waals surface area contributed by atoms with Gasteiger partial charge in [0.15, 0.2) is 6.10 Å². The summed E-state index contributed by atoms with van der Waals surface area (Å²) in [7, 11) is 4.29. The molecule has 2 atom stereocenters. The number of aromatic hydroxyl groups is 1. The van der Waals surface area contributed by atoms with Crippen molar-refractivity contribution in [2.75, 3.05) is 14.1 Å². The van der Waals surface area contributed by atoms with Crippen LogP contribution in [-0.4, -0.2) is 80.1 Å². The second-order valence-electron chi connectivity index (χ2n) is 20.0. The summed E-state index contributed by atoms with van der Waals surface area (Å²) in [6.07, 6.45) is 4.74. The van der Waals surface area contributed by atoms with Gasteiger partial charge >= 0.3 is 11.9 Å². The minimum atomic E-state index is -1.02. The number of hydrogen-bond donors (Lipinski definition) is 1. The van der Waals surface area contributed by atoms with Crippen LogP contribution in [0.5, 0.6) is 5.75 Å². The number of piperidine rings is 2. The van der Waals surface area contributed by atoms with Crippen LogP contribution in [0.15, 0.2) is 12.1 Å². The Labute approximate surface area is 299 Å². The standard InChI is InChI=1S/C42H72N2O5/c1-18-19-20-30(27-21-31(37(2,3)4)34(45)32(22-27)38(5,6)7)33(35(46)48-28-23-39(8,9)43(16)40(10,11)24-28)36(47)49-29-25-41(12,13)44(17)42(14,15)26-29/h21-22,28-30,33,45H,18-20,23-26H2,1-17H3/p+1. The summed E-state index contributed by atoms with van der Waals surface area (Å²) < 4.78 is 13.1. The quantitative estimate of drug-likeness (QED) is 0.159. The van der Waals surface area contributed by atoms with Gasteiger partial charge in [-0.15, -0.1) is 0 Å². The zero-order valence-corrected chi connectivity index (χ0v) is 34.4. The first-order chi connectivity index (χ1) is 22.0. The van der Waals surface area contributed by atoms with E-state index in [-0.39, 0.29) is 51.2 Å². The van der Waals surface area contributed by atoms with Gasteiger partial charge in [0.25, 0.3) is 0 Å². The molecule has 1 aromatic carbocycles. The largest absolute Gasteiger partial charge is 0.507 e. The van der Waals surface area contributed by atoms with Crippen LogP contribution in [0, 0.1) is 5.92 Å². The van der Waals surface area contributed by atoms with Gasteiger partial charge in [0, 0.05) is 53.8 Å². The molecule has 280 valence electrons. The summed E-state index contributed by atoms with van der Waals surface area (Å²) in [6, 6.07) is 4.12. The number of carbonyl (C=O) groups is 1. The number of hydrogen-bond acceptors (Lipinski definition) is 6. The van der Waals surface area contributed by atoms with Crippen LogP contribution in [0.4, 0.5) is 0 Å². The molecule has 2 heterocycles. The van der Waals surface area contributed by atoms with Crippen LogP contribution in [0.25, 0.3) is 0 Å². The third kappa shape index (κ3) is 9.22. The lowest BCUT2D eigenvalue weighted by molar-refractivity contribution is -0.163. The van der Waals surface area contributed by atoms with Gasteiger partial charge in [0.05, 0.1) is 0 Å². The SMILES string of the molecule is CCCCC(c1cc(C(C)(C)C)c(O)c(C(C)(C)C)c1)C(C(=O)OC1CC(C)(C)N(C)C(C)(C)C1)C(=[OH+])OC1CC(C)(C)N(C)C(C)(C)C1. The first-order valence-electron chi connectivity index (χ1n) is 18.8. The van der Waals surface area contributed by atoms with E-state index in [4.69, 9.17) is 9.47 Å². The van der Waals surface area contributed by atoms with Crippen LogP contribution < -0.4 is 0 Å². The molecule has 0 aliphatic carbocycles. The summed E-state index contributed by atoms with van der Waals surface area (Å²) in [5.74, 6) is -1.81. The maximum absolute atomic E-state index is 14.8. The Bertz CT molecular complexity index is 1220. The van der Waals surface area contributed by atoms with Gasteiger partial charge in [-0.25, -0.2) is 0 Å². The molecule has 2 unspecified atom stereocenters. The molecule has 2 aliphatic rings. The number of unbranched alkanes of at least 4 members (excludes halogenated alkanes) is 1. The van der Waals surface area contributed by atoms with Gasteiger partial charge in [-0.2, -0.15) is 0 Å². The van der Waals surface area contributed by atoms with E-state index >= 15 is 0 Å².